The van der Waals surface area contributed by atoms with Crippen LogP contribution in [0.1, 0.15) is 30.0 Å². The zero-order valence-electron chi connectivity index (χ0n) is 8.90. The van der Waals surface area contributed by atoms with Gasteiger partial charge in [0.25, 0.3) is 0 Å². The van der Waals surface area contributed by atoms with Gasteiger partial charge in [-0.2, -0.15) is 0 Å². The summed E-state index contributed by atoms with van der Waals surface area (Å²) in [5.74, 6) is -0.697. The van der Waals surface area contributed by atoms with Crippen molar-refractivity contribution >= 4 is 21.9 Å². The van der Waals surface area contributed by atoms with E-state index in [1.807, 2.05) is 6.92 Å². The Labute approximate surface area is 102 Å². The zero-order chi connectivity index (χ0) is 12.3. The van der Waals surface area contributed by atoms with E-state index < -0.39 is 5.97 Å². The van der Waals surface area contributed by atoms with Gasteiger partial charge in [0, 0.05) is 12.5 Å². The van der Waals surface area contributed by atoms with Crippen molar-refractivity contribution in [3.05, 3.63) is 27.7 Å². The van der Waals surface area contributed by atoms with Gasteiger partial charge < -0.3 is 15.9 Å². The van der Waals surface area contributed by atoms with E-state index in [0.717, 1.165) is 11.1 Å². The van der Waals surface area contributed by atoms with Gasteiger partial charge in [-0.15, -0.1) is 0 Å². The second kappa shape index (κ2) is 5.32. The molecule has 0 heterocycles. The maximum atomic E-state index is 10.4. The molecule has 1 aromatic rings. The SMILES string of the molecule is Cc1cc(O)c(Br)cc1C(N)CCC(=O)O. The number of carbonyl (C=O) groups is 1. The van der Waals surface area contributed by atoms with Crippen LogP contribution in [0.3, 0.4) is 0 Å². The summed E-state index contributed by atoms with van der Waals surface area (Å²) in [6.45, 7) is 1.84. The highest BCUT2D eigenvalue weighted by Crippen LogP contribution is 2.30. The van der Waals surface area contributed by atoms with Crippen LogP contribution in [0.25, 0.3) is 0 Å². The first-order valence-electron chi connectivity index (χ1n) is 4.88. The molecular formula is C11H14BrNO3. The molecule has 88 valence electrons. The molecule has 0 fully saturated rings. The molecule has 0 saturated carbocycles. The summed E-state index contributed by atoms with van der Waals surface area (Å²) in [5, 5.41) is 18.0. The maximum Gasteiger partial charge on any atom is 0.303 e. The molecule has 0 aliphatic rings. The zero-order valence-corrected chi connectivity index (χ0v) is 10.5. The van der Waals surface area contributed by atoms with Crippen LogP contribution in [-0.4, -0.2) is 16.2 Å². The second-order valence-corrected chi connectivity index (χ2v) is 4.55. The Bertz CT molecular complexity index is 406. The summed E-state index contributed by atoms with van der Waals surface area (Å²) < 4.78 is 0.568. The molecule has 16 heavy (non-hydrogen) atoms. The van der Waals surface area contributed by atoms with Gasteiger partial charge in [0.15, 0.2) is 0 Å². The predicted molar refractivity (Wildman–Crippen MR) is 64.3 cm³/mol. The Balaban J connectivity index is 2.86. The predicted octanol–water partition coefficient (Wildman–Crippen LogP) is 2.33. The number of phenolic OH excluding ortho intramolecular Hbond substituents is 1. The third-order valence-electron chi connectivity index (χ3n) is 2.40. The second-order valence-electron chi connectivity index (χ2n) is 3.70. The minimum absolute atomic E-state index is 0.0408. The Kier molecular flexibility index (Phi) is 4.32. The summed E-state index contributed by atoms with van der Waals surface area (Å²) >= 11 is 3.21. The van der Waals surface area contributed by atoms with Gasteiger partial charge in [0.1, 0.15) is 5.75 Å². The lowest BCUT2D eigenvalue weighted by molar-refractivity contribution is -0.137. The quantitative estimate of drug-likeness (QED) is 0.794. The molecule has 4 N–H and O–H groups in total. The van der Waals surface area contributed by atoms with E-state index >= 15 is 0 Å². The average Bonchev–Trinajstić information content (AvgIpc) is 2.20. The molecule has 0 amide bonds. The van der Waals surface area contributed by atoms with E-state index in [-0.39, 0.29) is 18.2 Å². The Morgan fingerprint density at radius 1 is 1.56 bits per heavy atom. The fourth-order valence-electron chi connectivity index (χ4n) is 1.52. The number of carboxylic acids is 1. The third-order valence-corrected chi connectivity index (χ3v) is 3.04. The molecule has 0 aromatic heterocycles. The number of aromatic hydroxyl groups is 1. The van der Waals surface area contributed by atoms with Crippen molar-refractivity contribution in [1.82, 2.24) is 0 Å². The first-order chi connectivity index (χ1) is 7.41. The number of nitrogens with two attached hydrogens (primary N) is 1. The molecule has 1 aromatic carbocycles. The molecule has 0 aliphatic heterocycles. The number of aryl methyl sites for hydroxylation is 1. The standard InChI is InChI=1S/C11H14BrNO3/c1-6-4-10(14)8(12)5-7(6)9(13)2-3-11(15)16/h4-5,9,14H,2-3,13H2,1H3,(H,15,16). The van der Waals surface area contributed by atoms with E-state index in [4.69, 9.17) is 10.8 Å². The van der Waals surface area contributed by atoms with Gasteiger partial charge >= 0.3 is 5.97 Å². The Hall–Kier alpha value is -1.07. The fourth-order valence-corrected chi connectivity index (χ4v) is 1.88. The van der Waals surface area contributed by atoms with E-state index in [9.17, 15) is 9.90 Å². The third kappa shape index (κ3) is 3.21. The highest BCUT2D eigenvalue weighted by molar-refractivity contribution is 9.10. The van der Waals surface area contributed by atoms with Crippen LogP contribution < -0.4 is 5.73 Å². The molecule has 4 nitrogen and oxygen atoms in total. The lowest BCUT2D eigenvalue weighted by Crippen LogP contribution is -2.13. The van der Waals surface area contributed by atoms with Gasteiger partial charge in [-0.05, 0) is 52.5 Å². The van der Waals surface area contributed by atoms with Gasteiger partial charge in [-0.25, -0.2) is 0 Å². The number of benzene rings is 1. The minimum atomic E-state index is -0.856. The first kappa shape index (κ1) is 13.0. The number of hydrogen-bond acceptors (Lipinski definition) is 3. The average molecular weight is 288 g/mol. The van der Waals surface area contributed by atoms with Crippen LogP contribution in [0.2, 0.25) is 0 Å². The number of phenols is 1. The molecule has 1 atom stereocenters. The van der Waals surface area contributed by atoms with Crippen molar-refractivity contribution in [1.29, 1.82) is 0 Å². The topological polar surface area (TPSA) is 83.5 Å². The van der Waals surface area contributed by atoms with Crippen LogP contribution in [0.4, 0.5) is 0 Å². The molecule has 0 saturated heterocycles. The van der Waals surface area contributed by atoms with E-state index in [0.29, 0.717) is 10.9 Å². The monoisotopic (exact) mass is 287 g/mol. The van der Waals surface area contributed by atoms with Crippen molar-refractivity contribution < 1.29 is 15.0 Å². The van der Waals surface area contributed by atoms with Crippen LogP contribution in [0.15, 0.2) is 16.6 Å². The smallest absolute Gasteiger partial charge is 0.303 e. The van der Waals surface area contributed by atoms with Gasteiger partial charge in [0.05, 0.1) is 4.47 Å². The molecule has 0 spiro atoms. The first-order valence-corrected chi connectivity index (χ1v) is 5.67. The lowest BCUT2D eigenvalue weighted by atomic mass is 9.98. The summed E-state index contributed by atoms with van der Waals surface area (Å²) in [5.41, 5.74) is 7.61. The normalized spacial score (nSPS) is 12.4. The fraction of sp³-hybridized carbons (Fsp3) is 0.364. The highest BCUT2D eigenvalue weighted by Gasteiger charge is 2.13. The van der Waals surface area contributed by atoms with Crippen LogP contribution in [0.5, 0.6) is 5.75 Å². The van der Waals surface area contributed by atoms with Crippen molar-refractivity contribution in [2.24, 2.45) is 5.73 Å². The molecular weight excluding hydrogens is 274 g/mol. The maximum absolute atomic E-state index is 10.4. The van der Waals surface area contributed by atoms with Crippen LogP contribution in [-0.2, 0) is 4.79 Å². The summed E-state index contributed by atoms with van der Waals surface area (Å²) in [6, 6.07) is 3.02. The van der Waals surface area contributed by atoms with E-state index in [1.54, 1.807) is 12.1 Å². The summed E-state index contributed by atoms with van der Waals surface area (Å²) in [7, 11) is 0. The van der Waals surface area contributed by atoms with Gasteiger partial charge in [0.2, 0.25) is 0 Å². The lowest BCUT2D eigenvalue weighted by Gasteiger charge is -2.14. The van der Waals surface area contributed by atoms with E-state index in [2.05, 4.69) is 15.9 Å². The van der Waals surface area contributed by atoms with Gasteiger partial charge in [-0.3, -0.25) is 4.79 Å². The van der Waals surface area contributed by atoms with Crippen molar-refractivity contribution in [3.63, 3.8) is 0 Å². The summed E-state index contributed by atoms with van der Waals surface area (Å²) in [4.78, 5) is 10.4. The number of rotatable bonds is 4. The van der Waals surface area contributed by atoms with Crippen molar-refractivity contribution in [3.8, 4) is 5.75 Å². The molecule has 1 unspecified atom stereocenters. The number of aliphatic carboxylic acids is 1. The van der Waals surface area contributed by atoms with Crippen LogP contribution in [0, 0.1) is 6.92 Å². The number of halogens is 1. The molecule has 0 aliphatic carbocycles. The molecule has 5 heteroatoms. The molecule has 0 bridgehead atoms. The largest absolute Gasteiger partial charge is 0.507 e. The van der Waals surface area contributed by atoms with Crippen LogP contribution >= 0.6 is 15.9 Å². The van der Waals surface area contributed by atoms with Gasteiger partial charge in [-0.1, -0.05) is 0 Å². The highest BCUT2D eigenvalue weighted by atomic mass is 79.9. The minimum Gasteiger partial charge on any atom is -0.507 e. The Morgan fingerprint density at radius 2 is 2.19 bits per heavy atom. The van der Waals surface area contributed by atoms with Crippen molar-refractivity contribution in [2.75, 3.05) is 0 Å². The molecule has 1 rings (SSSR count). The number of carboxylic acid groups (broad SMARTS) is 1. The van der Waals surface area contributed by atoms with Crippen molar-refractivity contribution in [2.45, 2.75) is 25.8 Å². The summed E-state index contributed by atoms with van der Waals surface area (Å²) in [6.07, 6.45) is 0.423. The number of hydrogen-bond donors (Lipinski definition) is 3. The Morgan fingerprint density at radius 3 is 2.75 bits per heavy atom. The molecule has 0 radical (unpaired) electrons. The van der Waals surface area contributed by atoms with E-state index in [1.165, 1.54) is 0 Å².